The number of hydrogen-bond donors (Lipinski definition) is 3. The number of aliphatic hydroxyl groups excluding tert-OH is 2. The quantitative estimate of drug-likeness (QED) is 0.747. The molecule has 0 bridgehead atoms. The molecule has 0 aliphatic heterocycles. The molecular weight excluding hydrogens is 218 g/mol. The van der Waals surface area contributed by atoms with E-state index in [1.807, 2.05) is 31.9 Å². The molecule has 0 fully saturated rings. The van der Waals surface area contributed by atoms with Gasteiger partial charge in [0.15, 0.2) is 0 Å². The summed E-state index contributed by atoms with van der Waals surface area (Å²) in [4.78, 5) is 1.89. The molecule has 1 rings (SSSR count). The largest absolute Gasteiger partial charge is 0.507 e. The Kier molecular flexibility index (Phi) is 4.01. The second-order valence-electron chi connectivity index (χ2n) is 4.95. The summed E-state index contributed by atoms with van der Waals surface area (Å²) < 4.78 is 0. The molecule has 0 saturated carbocycles. The van der Waals surface area contributed by atoms with Crippen LogP contribution in [0.25, 0.3) is 0 Å². The Balaban J connectivity index is 3.06. The first-order chi connectivity index (χ1) is 7.79. The predicted molar refractivity (Wildman–Crippen MR) is 68.3 cm³/mol. The number of hydrogen-bond acceptors (Lipinski definition) is 4. The molecule has 3 N–H and O–H groups in total. The van der Waals surface area contributed by atoms with Crippen molar-refractivity contribution in [2.45, 2.75) is 32.4 Å². The third-order valence-corrected chi connectivity index (χ3v) is 3.15. The molecule has 0 aliphatic carbocycles. The molecule has 0 heterocycles. The lowest BCUT2D eigenvalue weighted by Gasteiger charge is -2.36. The van der Waals surface area contributed by atoms with E-state index in [0.29, 0.717) is 5.56 Å². The van der Waals surface area contributed by atoms with E-state index in [2.05, 4.69) is 0 Å². The molecule has 0 radical (unpaired) electrons. The van der Waals surface area contributed by atoms with Crippen LogP contribution in [0.3, 0.4) is 0 Å². The average Bonchev–Trinajstić information content (AvgIpc) is 2.27. The number of nitrogens with zero attached hydrogens (tertiary/aromatic N) is 1. The SMILES string of the molecule is CC(O)c1ccc(N(C)C(C)(C)CO)cc1O. The summed E-state index contributed by atoms with van der Waals surface area (Å²) in [7, 11) is 1.85. The Hall–Kier alpha value is -1.26. The van der Waals surface area contributed by atoms with E-state index in [4.69, 9.17) is 0 Å². The lowest BCUT2D eigenvalue weighted by atomic mass is 10.0. The van der Waals surface area contributed by atoms with Crippen molar-refractivity contribution in [3.8, 4) is 5.75 Å². The predicted octanol–water partition coefficient (Wildman–Crippen LogP) is 1.65. The topological polar surface area (TPSA) is 63.9 Å². The van der Waals surface area contributed by atoms with Crippen molar-refractivity contribution >= 4 is 5.69 Å². The lowest BCUT2D eigenvalue weighted by Crippen LogP contribution is -2.44. The van der Waals surface area contributed by atoms with Gasteiger partial charge in [0.1, 0.15) is 5.75 Å². The number of benzene rings is 1. The zero-order chi connectivity index (χ0) is 13.2. The van der Waals surface area contributed by atoms with E-state index in [1.165, 1.54) is 0 Å². The molecule has 96 valence electrons. The smallest absolute Gasteiger partial charge is 0.123 e. The van der Waals surface area contributed by atoms with Gasteiger partial charge in [0.25, 0.3) is 0 Å². The Bertz CT molecular complexity index is 388. The minimum absolute atomic E-state index is 0.0163. The second kappa shape index (κ2) is 4.94. The molecule has 0 aliphatic rings. The molecule has 0 saturated heterocycles. The number of phenolic OH excluding ortho intramolecular Hbond substituents is 1. The van der Waals surface area contributed by atoms with E-state index in [9.17, 15) is 15.3 Å². The number of aromatic hydroxyl groups is 1. The van der Waals surface area contributed by atoms with Crippen LogP contribution in [0.5, 0.6) is 5.75 Å². The van der Waals surface area contributed by atoms with Crippen LogP contribution in [0.4, 0.5) is 5.69 Å². The zero-order valence-electron chi connectivity index (χ0n) is 10.8. The Morgan fingerprint density at radius 1 is 1.35 bits per heavy atom. The minimum atomic E-state index is -0.694. The first-order valence-corrected chi connectivity index (χ1v) is 5.65. The average molecular weight is 239 g/mol. The van der Waals surface area contributed by atoms with Gasteiger partial charge in [-0.1, -0.05) is 6.07 Å². The fraction of sp³-hybridized carbons (Fsp3) is 0.538. The molecule has 4 heteroatoms. The van der Waals surface area contributed by atoms with Crippen molar-refractivity contribution in [1.82, 2.24) is 0 Å². The van der Waals surface area contributed by atoms with Crippen molar-refractivity contribution in [2.24, 2.45) is 0 Å². The van der Waals surface area contributed by atoms with Gasteiger partial charge in [-0.3, -0.25) is 0 Å². The summed E-state index contributed by atoms with van der Waals surface area (Å²) in [6.07, 6.45) is -0.694. The minimum Gasteiger partial charge on any atom is -0.507 e. The maximum Gasteiger partial charge on any atom is 0.123 e. The van der Waals surface area contributed by atoms with Crippen LogP contribution in [-0.4, -0.2) is 34.5 Å². The van der Waals surface area contributed by atoms with E-state index >= 15 is 0 Å². The number of aliphatic hydroxyl groups is 2. The Labute approximate surface area is 102 Å². The van der Waals surface area contributed by atoms with Gasteiger partial charge in [-0.25, -0.2) is 0 Å². The molecule has 0 aromatic heterocycles. The van der Waals surface area contributed by atoms with E-state index < -0.39 is 11.6 Å². The van der Waals surface area contributed by atoms with Gasteiger partial charge in [-0.05, 0) is 26.8 Å². The molecule has 4 nitrogen and oxygen atoms in total. The van der Waals surface area contributed by atoms with E-state index in [0.717, 1.165) is 5.69 Å². The zero-order valence-corrected chi connectivity index (χ0v) is 10.8. The van der Waals surface area contributed by atoms with E-state index in [1.54, 1.807) is 19.1 Å². The Morgan fingerprint density at radius 2 is 1.94 bits per heavy atom. The van der Waals surface area contributed by atoms with Crippen molar-refractivity contribution < 1.29 is 15.3 Å². The molecule has 1 unspecified atom stereocenters. The summed E-state index contributed by atoms with van der Waals surface area (Å²) in [6, 6.07) is 5.11. The summed E-state index contributed by atoms with van der Waals surface area (Å²) in [5.41, 5.74) is 0.897. The molecule has 1 aromatic carbocycles. The van der Waals surface area contributed by atoms with Crippen molar-refractivity contribution in [3.63, 3.8) is 0 Å². The summed E-state index contributed by atoms with van der Waals surface area (Å²) in [5, 5.41) is 28.5. The van der Waals surface area contributed by atoms with Gasteiger partial charge in [0.05, 0.1) is 18.2 Å². The first-order valence-electron chi connectivity index (χ1n) is 5.65. The lowest BCUT2D eigenvalue weighted by molar-refractivity contribution is 0.195. The van der Waals surface area contributed by atoms with Crippen LogP contribution in [0, 0.1) is 0 Å². The molecular formula is C13H21NO3. The Morgan fingerprint density at radius 3 is 2.35 bits per heavy atom. The van der Waals surface area contributed by atoms with Gasteiger partial charge >= 0.3 is 0 Å². The van der Waals surface area contributed by atoms with Crippen LogP contribution < -0.4 is 4.90 Å². The van der Waals surface area contributed by atoms with E-state index in [-0.39, 0.29) is 12.4 Å². The van der Waals surface area contributed by atoms with Gasteiger partial charge in [0, 0.05) is 24.4 Å². The third kappa shape index (κ3) is 2.90. The van der Waals surface area contributed by atoms with Gasteiger partial charge in [0.2, 0.25) is 0 Å². The highest BCUT2D eigenvalue weighted by atomic mass is 16.3. The molecule has 0 amide bonds. The fourth-order valence-electron chi connectivity index (χ4n) is 1.55. The summed E-state index contributed by atoms with van der Waals surface area (Å²) >= 11 is 0. The van der Waals surface area contributed by atoms with Crippen LogP contribution >= 0.6 is 0 Å². The summed E-state index contributed by atoms with van der Waals surface area (Å²) in [6.45, 7) is 5.44. The summed E-state index contributed by atoms with van der Waals surface area (Å²) in [5.74, 6) is 0.0677. The van der Waals surface area contributed by atoms with Crippen LogP contribution in [0.1, 0.15) is 32.4 Å². The normalized spacial score (nSPS) is 13.5. The van der Waals surface area contributed by atoms with Crippen molar-refractivity contribution in [1.29, 1.82) is 0 Å². The van der Waals surface area contributed by atoms with Crippen LogP contribution in [0.2, 0.25) is 0 Å². The highest BCUT2D eigenvalue weighted by Crippen LogP contribution is 2.30. The number of phenols is 1. The molecule has 1 atom stereocenters. The number of anilines is 1. The highest BCUT2D eigenvalue weighted by molar-refractivity contribution is 5.54. The van der Waals surface area contributed by atoms with Gasteiger partial charge in [-0.15, -0.1) is 0 Å². The maximum atomic E-state index is 9.80. The standard InChI is InChI=1S/C13H21NO3/c1-9(16)11-6-5-10(7-12(11)17)14(4)13(2,3)8-15/h5-7,9,15-17H,8H2,1-4H3. The fourth-order valence-corrected chi connectivity index (χ4v) is 1.55. The number of rotatable bonds is 4. The number of likely N-dealkylation sites (N-methyl/N-ethyl adjacent to an activating group) is 1. The molecule has 1 aromatic rings. The first kappa shape index (κ1) is 13.8. The second-order valence-corrected chi connectivity index (χ2v) is 4.95. The van der Waals surface area contributed by atoms with Gasteiger partial charge < -0.3 is 20.2 Å². The molecule has 0 spiro atoms. The van der Waals surface area contributed by atoms with Crippen LogP contribution in [-0.2, 0) is 0 Å². The molecule has 17 heavy (non-hydrogen) atoms. The monoisotopic (exact) mass is 239 g/mol. The third-order valence-electron chi connectivity index (χ3n) is 3.15. The van der Waals surface area contributed by atoms with Gasteiger partial charge in [-0.2, -0.15) is 0 Å². The van der Waals surface area contributed by atoms with Crippen LogP contribution in [0.15, 0.2) is 18.2 Å². The maximum absolute atomic E-state index is 9.80. The van der Waals surface area contributed by atoms with Crippen molar-refractivity contribution in [3.05, 3.63) is 23.8 Å². The van der Waals surface area contributed by atoms with Crippen molar-refractivity contribution in [2.75, 3.05) is 18.6 Å². The highest BCUT2D eigenvalue weighted by Gasteiger charge is 2.23.